The SMILES string of the molecule is CN1C(=O)C(NC(=O)CC(=O)NCC(F)(F)C(F)(F)F)c2ccccc2-c2ccccc21. The first-order valence-electron chi connectivity index (χ1n) is 9.39. The molecule has 0 bridgehead atoms. The molecule has 32 heavy (non-hydrogen) atoms. The zero-order chi connectivity index (χ0) is 23.7. The standard InChI is InChI=1S/C21H18F5N3O3/c1-29-15-9-5-4-7-13(15)12-6-2-3-8-14(12)18(19(29)32)28-17(31)10-16(30)27-11-20(22,23)21(24,25)26/h2-9,18H,10-11H2,1H3,(H,27,30)(H,28,31). The van der Waals surface area contributed by atoms with Crippen molar-refractivity contribution in [3.63, 3.8) is 0 Å². The van der Waals surface area contributed by atoms with Gasteiger partial charge in [-0.3, -0.25) is 14.4 Å². The van der Waals surface area contributed by atoms with Crippen LogP contribution in [0.25, 0.3) is 11.1 Å². The van der Waals surface area contributed by atoms with Crippen molar-refractivity contribution >= 4 is 23.4 Å². The van der Waals surface area contributed by atoms with Crippen LogP contribution in [0.2, 0.25) is 0 Å². The molecule has 1 atom stereocenters. The molecule has 0 fully saturated rings. The number of fused-ring (bicyclic) bond motifs is 3. The van der Waals surface area contributed by atoms with Crippen LogP contribution < -0.4 is 15.5 Å². The Hall–Kier alpha value is -3.50. The Morgan fingerprint density at radius 3 is 2.19 bits per heavy atom. The minimum atomic E-state index is -5.83. The Bertz CT molecular complexity index is 1050. The third-order valence-electron chi connectivity index (χ3n) is 4.95. The van der Waals surface area contributed by atoms with Gasteiger partial charge in [-0.25, -0.2) is 0 Å². The number of rotatable bonds is 5. The Morgan fingerprint density at radius 2 is 1.53 bits per heavy atom. The van der Waals surface area contributed by atoms with Gasteiger partial charge >= 0.3 is 12.1 Å². The Labute approximate surface area is 179 Å². The highest BCUT2D eigenvalue weighted by Crippen LogP contribution is 2.39. The number of anilines is 1. The largest absolute Gasteiger partial charge is 0.455 e. The second-order valence-electron chi connectivity index (χ2n) is 7.16. The molecular formula is C21H18F5N3O3. The molecule has 170 valence electrons. The van der Waals surface area contributed by atoms with Crippen molar-refractivity contribution < 1.29 is 36.3 Å². The van der Waals surface area contributed by atoms with Gasteiger partial charge in [-0.2, -0.15) is 22.0 Å². The highest BCUT2D eigenvalue weighted by Gasteiger charge is 2.57. The fraction of sp³-hybridized carbons (Fsp3) is 0.286. The van der Waals surface area contributed by atoms with Crippen molar-refractivity contribution in [2.45, 2.75) is 24.6 Å². The lowest BCUT2D eigenvalue weighted by atomic mass is 9.95. The molecule has 1 heterocycles. The van der Waals surface area contributed by atoms with Crippen LogP contribution in [0.15, 0.2) is 48.5 Å². The minimum Gasteiger partial charge on any atom is -0.349 e. The minimum absolute atomic E-state index is 0.451. The lowest BCUT2D eigenvalue weighted by Gasteiger charge is -2.23. The van der Waals surface area contributed by atoms with E-state index >= 15 is 0 Å². The average molecular weight is 455 g/mol. The van der Waals surface area contributed by atoms with E-state index < -0.39 is 48.8 Å². The number of nitrogens with one attached hydrogen (secondary N) is 2. The topological polar surface area (TPSA) is 78.5 Å². The lowest BCUT2D eigenvalue weighted by molar-refractivity contribution is -0.278. The summed E-state index contributed by atoms with van der Waals surface area (Å²) in [5, 5.41) is 3.79. The number of amides is 3. The van der Waals surface area contributed by atoms with Crippen LogP contribution >= 0.6 is 0 Å². The molecule has 1 aliphatic heterocycles. The third kappa shape index (κ3) is 4.56. The lowest BCUT2D eigenvalue weighted by Crippen LogP contribution is -2.48. The fourth-order valence-electron chi connectivity index (χ4n) is 3.30. The maximum absolute atomic E-state index is 13.0. The first kappa shape index (κ1) is 23.2. The van der Waals surface area contributed by atoms with Crippen molar-refractivity contribution in [3.8, 4) is 11.1 Å². The van der Waals surface area contributed by atoms with E-state index in [9.17, 15) is 36.3 Å². The summed E-state index contributed by atoms with van der Waals surface area (Å²) >= 11 is 0. The Morgan fingerprint density at radius 1 is 0.938 bits per heavy atom. The molecule has 2 aromatic carbocycles. The molecule has 0 saturated heterocycles. The van der Waals surface area contributed by atoms with Gasteiger partial charge in [0.25, 0.3) is 5.91 Å². The Balaban J connectivity index is 1.76. The summed E-state index contributed by atoms with van der Waals surface area (Å²) in [7, 11) is 1.51. The van der Waals surface area contributed by atoms with Crippen molar-refractivity contribution in [3.05, 3.63) is 54.1 Å². The van der Waals surface area contributed by atoms with Gasteiger partial charge in [-0.15, -0.1) is 0 Å². The van der Waals surface area contributed by atoms with E-state index in [0.717, 1.165) is 5.56 Å². The van der Waals surface area contributed by atoms with E-state index in [-0.39, 0.29) is 0 Å². The number of benzene rings is 2. The van der Waals surface area contributed by atoms with Crippen LogP contribution in [-0.2, 0) is 14.4 Å². The van der Waals surface area contributed by atoms with Crippen LogP contribution in [0.1, 0.15) is 18.0 Å². The maximum Gasteiger partial charge on any atom is 0.455 e. The van der Waals surface area contributed by atoms with Crippen molar-refractivity contribution in [1.29, 1.82) is 0 Å². The molecule has 0 spiro atoms. The summed E-state index contributed by atoms with van der Waals surface area (Å²) in [5.41, 5.74) is 2.45. The van der Waals surface area contributed by atoms with Gasteiger partial charge in [0.15, 0.2) is 0 Å². The summed E-state index contributed by atoms with van der Waals surface area (Å²) in [6, 6.07) is 12.6. The average Bonchev–Trinajstić information content (AvgIpc) is 2.82. The fourth-order valence-corrected chi connectivity index (χ4v) is 3.30. The van der Waals surface area contributed by atoms with Gasteiger partial charge in [-0.05, 0) is 17.2 Å². The van der Waals surface area contributed by atoms with E-state index in [2.05, 4.69) is 5.32 Å². The summed E-state index contributed by atoms with van der Waals surface area (Å²) in [5.74, 6) is -7.99. The van der Waals surface area contributed by atoms with E-state index in [0.29, 0.717) is 16.8 Å². The number of para-hydroxylation sites is 1. The zero-order valence-electron chi connectivity index (χ0n) is 16.7. The third-order valence-corrected chi connectivity index (χ3v) is 4.95. The van der Waals surface area contributed by atoms with Crippen LogP contribution in [-0.4, -0.2) is 43.4 Å². The molecule has 6 nitrogen and oxygen atoms in total. The van der Waals surface area contributed by atoms with Crippen LogP contribution in [0.3, 0.4) is 0 Å². The molecule has 3 amide bonds. The maximum atomic E-state index is 13.0. The first-order chi connectivity index (χ1) is 14.9. The molecule has 0 radical (unpaired) electrons. The number of likely N-dealkylation sites (N-methyl/N-ethyl adjacent to an activating group) is 1. The van der Waals surface area contributed by atoms with E-state index in [1.807, 2.05) is 0 Å². The highest BCUT2D eigenvalue weighted by molar-refractivity contribution is 6.07. The molecule has 2 aromatic rings. The smallest absolute Gasteiger partial charge is 0.349 e. The summed E-state index contributed by atoms with van der Waals surface area (Å²) in [4.78, 5) is 38.5. The van der Waals surface area contributed by atoms with Crippen LogP contribution in [0.4, 0.5) is 27.6 Å². The second-order valence-corrected chi connectivity index (χ2v) is 7.16. The quantitative estimate of drug-likeness (QED) is 0.537. The number of alkyl halides is 5. The van der Waals surface area contributed by atoms with Crippen molar-refractivity contribution in [1.82, 2.24) is 10.6 Å². The van der Waals surface area contributed by atoms with Crippen molar-refractivity contribution in [2.24, 2.45) is 0 Å². The van der Waals surface area contributed by atoms with Crippen LogP contribution in [0.5, 0.6) is 0 Å². The zero-order valence-corrected chi connectivity index (χ0v) is 16.7. The second kappa shape index (κ2) is 8.56. The molecule has 0 saturated carbocycles. The number of nitrogens with zero attached hydrogens (tertiary/aromatic N) is 1. The predicted octanol–water partition coefficient (Wildman–Crippen LogP) is 3.19. The number of carbonyl (C=O) groups is 3. The molecule has 0 aromatic heterocycles. The van der Waals surface area contributed by atoms with Crippen molar-refractivity contribution in [2.75, 3.05) is 18.5 Å². The molecule has 0 aliphatic carbocycles. The number of hydrogen-bond donors (Lipinski definition) is 2. The molecule has 3 rings (SSSR count). The summed E-state index contributed by atoms with van der Waals surface area (Å²) in [6.45, 7) is -1.99. The van der Waals surface area contributed by atoms with E-state index in [4.69, 9.17) is 0 Å². The van der Waals surface area contributed by atoms with Gasteiger partial charge < -0.3 is 15.5 Å². The monoisotopic (exact) mass is 455 g/mol. The number of carbonyl (C=O) groups excluding carboxylic acids is 3. The molecule has 1 aliphatic rings. The van der Waals surface area contributed by atoms with Gasteiger partial charge in [-0.1, -0.05) is 42.5 Å². The summed E-state index contributed by atoms with van der Waals surface area (Å²) < 4.78 is 62.5. The highest BCUT2D eigenvalue weighted by atomic mass is 19.4. The molecular weight excluding hydrogens is 437 g/mol. The Kier molecular flexibility index (Phi) is 6.20. The summed E-state index contributed by atoms with van der Waals surface area (Å²) in [6.07, 6.45) is -6.87. The predicted molar refractivity (Wildman–Crippen MR) is 105 cm³/mol. The van der Waals surface area contributed by atoms with Gasteiger partial charge in [0.2, 0.25) is 11.8 Å². The normalized spacial score (nSPS) is 16.0. The van der Waals surface area contributed by atoms with E-state index in [1.165, 1.54) is 17.3 Å². The van der Waals surface area contributed by atoms with Gasteiger partial charge in [0, 0.05) is 12.6 Å². The van der Waals surface area contributed by atoms with Gasteiger partial charge in [0.1, 0.15) is 12.5 Å². The van der Waals surface area contributed by atoms with Gasteiger partial charge in [0.05, 0.1) is 12.2 Å². The van der Waals surface area contributed by atoms with Crippen LogP contribution in [0, 0.1) is 0 Å². The first-order valence-corrected chi connectivity index (χ1v) is 9.39. The van der Waals surface area contributed by atoms with E-state index in [1.54, 1.807) is 48.5 Å². The molecule has 11 heteroatoms. The molecule has 1 unspecified atom stereocenters. The number of hydrogen-bond acceptors (Lipinski definition) is 3. The molecule has 2 N–H and O–H groups in total. The number of halogens is 5.